The summed E-state index contributed by atoms with van der Waals surface area (Å²) in [5.41, 5.74) is 12.6. The number of anilines is 2. The molecule has 0 spiro atoms. The molecular formula is C10H14N6OS. The highest BCUT2D eigenvalue weighted by atomic mass is 32.2. The normalized spacial score (nSPS) is 23.8. The van der Waals surface area contributed by atoms with Crippen LogP contribution >= 0.6 is 11.8 Å². The van der Waals surface area contributed by atoms with E-state index in [1.165, 1.54) is 0 Å². The lowest BCUT2D eigenvalue weighted by Gasteiger charge is -2.12. The first-order valence-electron chi connectivity index (χ1n) is 5.71. The smallest absolute Gasteiger partial charge is 0.224 e. The summed E-state index contributed by atoms with van der Waals surface area (Å²) in [6.07, 6.45) is 3.68. The molecule has 7 nitrogen and oxygen atoms in total. The van der Waals surface area contributed by atoms with Crippen molar-refractivity contribution in [3.05, 3.63) is 6.33 Å². The molecule has 0 amide bonds. The van der Waals surface area contributed by atoms with Gasteiger partial charge in [0.25, 0.3) is 0 Å². The Labute approximate surface area is 108 Å². The van der Waals surface area contributed by atoms with Crippen molar-refractivity contribution < 1.29 is 5.11 Å². The molecular weight excluding hydrogens is 252 g/mol. The fourth-order valence-corrected chi connectivity index (χ4v) is 3.55. The summed E-state index contributed by atoms with van der Waals surface area (Å²) in [6, 6.07) is 0. The average molecular weight is 266 g/mol. The molecule has 0 radical (unpaired) electrons. The second-order valence-electron chi connectivity index (χ2n) is 4.26. The summed E-state index contributed by atoms with van der Waals surface area (Å²) in [5.74, 6) is 0.460. The van der Waals surface area contributed by atoms with Crippen molar-refractivity contribution in [1.29, 1.82) is 0 Å². The number of rotatable bonds is 2. The zero-order chi connectivity index (χ0) is 12.7. The molecule has 0 unspecified atom stereocenters. The predicted octanol–water partition coefficient (Wildman–Crippen LogP) is 0.377. The molecule has 3 rings (SSSR count). The van der Waals surface area contributed by atoms with Crippen LogP contribution in [0.5, 0.6) is 0 Å². The number of fused-ring (bicyclic) bond motifs is 1. The molecule has 0 saturated carbocycles. The fraction of sp³-hybridized carbons (Fsp3) is 0.500. The summed E-state index contributed by atoms with van der Waals surface area (Å²) in [6.45, 7) is 0.201. The first-order valence-corrected chi connectivity index (χ1v) is 6.65. The van der Waals surface area contributed by atoms with Gasteiger partial charge in [0.1, 0.15) is 5.52 Å². The van der Waals surface area contributed by atoms with E-state index >= 15 is 0 Å². The number of thioether (sulfide) groups is 1. The number of nitrogen functional groups attached to an aromatic ring is 2. The summed E-state index contributed by atoms with van der Waals surface area (Å²) in [4.78, 5) is 12.3. The number of hydrogen-bond donors (Lipinski definition) is 3. The highest BCUT2D eigenvalue weighted by Gasteiger charge is 2.27. The largest absolute Gasteiger partial charge is 0.395 e. The molecule has 8 heteroatoms. The lowest BCUT2D eigenvalue weighted by molar-refractivity contribution is 0.292. The molecule has 1 saturated heterocycles. The topological polar surface area (TPSA) is 116 Å². The first kappa shape index (κ1) is 11.5. The Balaban J connectivity index is 2.03. The van der Waals surface area contributed by atoms with E-state index in [0.717, 1.165) is 12.8 Å². The number of aromatic nitrogens is 4. The van der Waals surface area contributed by atoms with Crippen molar-refractivity contribution in [3.8, 4) is 0 Å². The summed E-state index contributed by atoms with van der Waals surface area (Å²) >= 11 is 1.73. The molecule has 1 aliphatic heterocycles. The summed E-state index contributed by atoms with van der Waals surface area (Å²) in [5, 5.41) is 9.68. The number of imidazole rings is 1. The lowest BCUT2D eigenvalue weighted by atomic mass is 10.2. The van der Waals surface area contributed by atoms with Gasteiger partial charge in [-0.3, -0.25) is 0 Å². The Hall–Kier alpha value is -1.54. The van der Waals surface area contributed by atoms with E-state index in [1.807, 2.05) is 4.57 Å². The van der Waals surface area contributed by atoms with Gasteiger partial charge in [0, 0.05) is 5.25 Å². The third kappa shape index (κ3) is 1.77. The molecule has 1 fully saturated rings. The molecule has 2 atom stereocenters. The van der Waals surface area contributed by atoms with Crippen LogP contribution in [0.1, 0.15) is 18.2 Å². The van der Waals surface area contributed by atoms with Crippen LogP contribution in [0.3, 0.4) is 0 Å². The van der Waals surface area contributed by atoms with Crippen LogP contribution in [-0.4, -0.2) is 36.5 Å². The van der Waals surface area contributed by atoms with E-state index in [1.54, 1.807) is 18.1 Å². The van der Waals surface area contributed by atoms with E-state index in [4.69, 9.17) is 11.5 Å². The minimum atomic E-state index is 0.156. The molecule has 0 bridgehead atoms. The van der Waals surface area contributed by atoms with Crippen LogP contribution in [0, 0.1) is 0 Å². The SMILES string of the molecule is Nc1nc(N)c2ncn([C@H]3CC[C@@H](CO)S3)c2n1. The highest BCUT2D eigenvalue weighted by Crippen LogP contribution is 2.42. The molecule has 0 aromatic carbocycles. The Morgan fingerprint density at radius 2 is 2.22 bits per heavy atom. The molecule has 3 heterocycles. The van der Waals surface area contributed by atoms with Gasteiger partial charge in [0.2, 0.25) is 5.95 Å². The van der Waals surface area contributed by atoms with Gasteiger partial charge in [-0.15, -0.1) is 11.8 Å². The molecule has 18 heavy (non-hydrogen) atoms. The standard InChI is InChI=1S/C10H14N6OS/c11-8-7-9(15-10(12)14-8)16(4-13-7)6-2-1-5(3-17)18-6/h4-6,17H,1-3H2,(H4,11,12,14,15)/t5-,6+/m0/s1. The van der Waals surface area contributed by atoms with Gasteiger partial charge < -0.3 is 21.1 Å². The van der Waals surface area contributed by atoms with Crippen LogP contribution in [-0.2, 0) is 0 Å². The molecule has 2 aromatic heterocycles. The van der Waals surface area contributed by atoms with Gasteiger partial charge >= 0.3 is 0 Å². The van der Waals surface area contributed by atoms with Crippen molar-refractivity contribution >= 4 is 34.7 Å². The average Bonchev–Trinajstić information content (AvgIpc) is 2.93. The van der Waals surface area contributed by atoms with Crippen molar-refractivity contribution in [2.45, 2.75) is 23.5 Å². The molecule has 5 N–H and O–H groups in total. The Bertz CT molecular complexity index is 585. The summed E-state index contributed by atoms with van der Waals surface area (Å²) < 4.78 is 1.96. The predicted molar refractivity (Wildman–Crippen MR) is 70.9 cm³/mol. The Morgan fingerprint density at radius 1 is 1.39 bits per heavy atom. The second kappa shape index (κ2) is 4.29. The quantitative estimate of drug-likeness (QED) is 0.719. The molecule has 1 aliphatic rings. The fourth-order valence-electron chi connectivity index (χ4n) is 2.19. The number of hydrogen-bond acceptors (Lipinski definition) is 7. The minimum absolute atomic E-state index is 0.156. The number of nitrogens with two attached hydrogens (primary N) is 2. The lowest BCUT2D eigenvalue weighted by Crippen LogP contribution is -2.06. The van der Waals surface area contributed by atoms with Crippen LogP contribution in [0.2, 0.25) is 0 Å². The maximum atomic E-state index is 9.17. The van der Waals surface area contributed by atoms with Crippen LogP contribution in [0.25, 0.3) is 11.2 Å². The van der Waals surface area contributed by atoms with Crippen LogP contribution in [0.4, 0.5) is 11.8 Å². The van der Waals surface area contributed by atoms with E-state index in [2.05, 4.69) is 15.0 Å². The number of nitrogens with zero attached hydrogens (tertiary/aromatic N) is 4. The van der Waals surface area contributed by atoms with Crippen LogP contribution < -0.4 is 11.5 Å². The van der Waals surface area contributed by atoms with E-state index in [9.17, 15) is 5.11 Å². The van der Waals surface area contributed by atoms with Crippen molar-refractivity contribution in [2.75, 3.05) is 18.1 Å². The first-order chi connectivity index (χ1) is 8.69. The van der Waals surface area contributed by atoms with Gasteiger partial charge in [-0.2, -0.15) is 9.97 Å². The third-order valence-electron chi connectivity index (χ3n) is 3.06. The van der Waals surface area contributed by atoms with Gasteiger partial charge in [0.05, 0.1) is 18.3 Å². The third-order valence-corrected chi connectivity index (χ3v) is 4.61. The second-order valence-corrected chi connectivity index (χ2v) is 5.75. The summed E-state index contributed by atoms with van der Waals surface area (Å²) in [7, 11) is 0. The van der Waals surface area contributed by atoms with Crippen molar-refractivity contribution in [1.82, 2.24) is 19.5 Å². The van der Waals surface area contributed by atoms with Gasteiger partial charge in [-0.25, -0.2) is 4.98 Å². The number of aliphatic hydroxyl groups excluding tert-OH is 1. The molecule has 0 aliphatic carbocycles. The van der Waals surface area contributed by atoms with E-state index in [-0.39, 0.29) is 23.2 Å². The van der Waals surface area contributed by atoms with Crippen molar-refractivity contribution in [2.24, 2.45) is 0 Å². The molecule has 96 valence electrons. The van der Waals surface area contributed by atoms with E-state index in [0.29, 0.717) is 17.0 Å². The zero-order valence-electron chi connectivity index (χ0n) is 9.65. The maximum absolute atomic E-state index is 9.17. The minimum Gasteiger partial charge on any atom is -0.395 e. The van der Waals surface area contributed by atoms with Gasteiger partial charge in [-0.05, 0) is 12.8 Å². The zero-order valence-corrected chi connectivity index (χ0v) is 10.5. The van der Waals surface area contributed by atoms with E-state index < -0.39 is 0 Å². The van der Waals surface area contributed by atoms with Crippen molar-refractivity contribution in [3.63, 3.8) is 0 Å². The van der Waals surface area contributed by atoms with Crippen LogP contribution in [0.15, 0.2) is 6.33 Å². The monoisotopic (exact) mass is 266 g/mol. The maximum Gasteiger partial charge on any atom is 0.224 e. The Morgan fingerprint density at radius 3 is 2.94 bits per heavy atom. The van der Waals surface area contributed by atoms with Gasteiger partial charge in [0.15, 0.2) is 11.5 Å². The molecule has 2 aromatic rings. The van der Waals surface area contributed by atoms with Gasteiger partial charge in [-0.1, -0.05) is 0 Å². The number of aliphatic hydroxyl groups is 1. The highest BCUT2D eigenvalue weighted by molar-refractivity contribution is 8.00. The Kier molecular flexibility index (Phi) is 2.75.